The lowest BCUT2D eigenvalue weighted by Gasteiger charge is -2.43. The van der Waals surface area contributed by atoms with Gasteiger partial charge in [0, 0.05) is 32.2 Å². The fourth-order valence-electron chi connectivity index (χ4n) is 3.95. The maximum Gasteiger partial charge on any atom is 0.275 e. The summed E-state index contributed by atoms with van der Waals surface area (Å²) >= 11 is 6.80. The molecule has 29 heavy (non-hydrogen) atoms. The van der Waals surface area contributed by atoms with Crippen LogP contribution in [0.2, 0.25) is 0 Å². The zero-order chi connectivity index (χ0) is 20.4. The van der Waals surface area contributed by atoms with Crippen molar-refractivity contribution in [1.82, 2.24) is 15.9 Å². The van der Waals surface area contributed by atoms with E-state index in [1.807, 2.05) is 30.5 Å². The quantitative estimate of drug-likeness (QED) is 0.585. The van der Waals surface area contributed by atoms with Crippen molar-refractivity contribution in [2.45, 2.75) is 31.3 Å². The van der Waals surface area contributed by atoms with Gasteiger partial charge in [0.05, 0.1) is 0 Å². The van der Waals surface area contributed by atoms with Crippen LogP contribution in [0.4, 0.5) is 0 Å². The molecule has 0 aromatic heterocycles. The van der Waals surface area contributed by atoms with Gasteiger partial charge in [0.15, 0.2) is 0 Å². The smallest absolute Gasteiger partial charge is 0.275 e. The molecule has 4 rings (SSSR count). The predicted octanol–water partition coefficient (Wildman–Crippen LogP) is 4.47. The maximum atomic E-state index is 13.3. The molecule has 150 valence electrons. The first-order chi connectivity index (χ1) is 14.0. The van der Waals surface area contributed by atoms with Gasteiger partial charge < -0.3 is 0 Å². The van der Waals surface area contributed by atoms with Crippen molar-refractivity contribution in [3.05, 3.63) is 68.6 Å². The van der Waals surface area contributed by atoms with Gasteiger partial charge in [-0.1, -0.05) is 50.4 Å². The van der Waals surface area contributed by atoms with Crippen LogP contribution in [0.25, 0.3) is 0 Å². The van der Waals surface area contributed by atoms with Gasteiger partial charge in [-0.3, -0.25) is 15.0 Å². The topological polar surface area (TPSA) is 73.8 Å². The van der Waals surface area contributed by atoms with Crippen LogP contribution in [-0.2, 0) is 0 Å². The van der Waals surface area contributed by atoms with Gasteiger partial charge in [0.1, 0.15) is 5.66 Å². The van der Waals surface area contributed by atoms with Crippen LogP contribution in [-0.4, -0.2) is 28.7 Å². The van der Waals surface area contributed by atoms with E-state index in [1.165, 1.54) is 5.01 Å². The van der Waals surface area contributed by atoms with Crippen molar-refractivity contribution in [1.29, 1.82) is 0 Å². The number of hydrazine groups is 1. The zero-order valence-electron chi connectivity index (χ0n) is 15.6. The molecular weight excluding hydrogens is 500 g/mol. The van der Waals surface area contributed by atoms with E-state index >= 15 is 0 Å². The molecule has 0 saturated heterocycles. The highest BCUT2D eigenvalue weighted by molar-refractivity contribution is 9.10. The number of hydrazone groups is 1. The standard InChI is InChI=1S/C21H20Br2N4O2/c22-17-8-3-5-14(11-17)19(28)25-26-21-10-2-1-7-16(21)13-24-27(21)20(29)15-6-4-9-18(23)12-15/h3-6,8-9,11-13,16,26H,1-2,7,10H2,(H,25,28)/t16-,21-/m1/s1. The van der Waals surface area contributed by atoms with Crippen LogP contribution in [0.15, 0.2) is 62.6 Å². The first-order valence-electron chi connectivity index (χ1n) is 9.47. The Kier molecular flexibility index (Phi) is 5.85. The van der Waals surface area contributed by atoms with E-state index in [9.17, 15) is 9.59 Å². The Morgan fingerprint density at radius 2 is 1.72 bits per heavy atom. The van der Waals surface area contributed by atoms with Crippen LogP contribution in [0.5, 0.6) is 0 Å². The lowest BCUT2D eigenvalue weighted by atomic mass is 9.80. The van der Waals surface area contributed by atoms with Crippen molar-refractivity contribution in [3.8, 4) is 0 Å². The fourth-order valence-corrected chi connectivity index (χ4v) is 4.74. The molecule has 0 spiro atoms. The van der Waals surface area contributed by atoms with Crippen LogP contribution >= 0.6 is 31.9 Å². The van der Waals surface area contributed by atoms with Gasteiger partial charge >= 0.3 is 0 Å². The average Bonchev–Trinajstić information content (AvgIpc) is 3.11. The number of nitrogens with zero attached hydrogens (tertiary/aromatic N) is 2. The van der Waals surface area contributed by atoms with Gasteiger partial charge in [-0.25, -0.2) is 10.4 Å². The van der Waals surface area contributed by atoms with Crippen LogP contribution in [0.1, 0.15) is 46.4 Å². The summed E-state index contributed by atoms with van der Waals surface area (Å²) in [5.74, 6) is -0.418. The molecule has 0 radical (unpaired) electrons. The third-order valence-corrected chi connectivity index (χ3v) is 6.41. The summed E-state index contributed by atoms with van der Waals surface area (Å²) in [6.45, 7) is 0. The van der Waals surface area contributed by atoms with E-state index in [-0.39, 0.29) is 17.7 Å². The lowest BCUT2D eigenvalue weighted by molar-refractivity contribution is 0.00851. The number of nitrogens with one attached hydrogen (secondary N) is 2. The van der Waals surface area contributed by atoms with Gasteiger partial charge in [0.2, 0.25) is 0 Å². The number of hydrogen-bond acceptors (Lipinski definition) is 4. The van der Waals surface area contributed by atoms with Crippen molar-refractivity contribution < 1.29 is 9.59 Å². The molecule has 2 amide bonds. The molecule has 2 aliphatic rings. The number of halogens is 2. The summed E-state index contributed by atoms with van der Waals surface area (Å²) in [4.78, 5) is 25.9. The molecule has 6 nitrogen and oxygen atoms in total. The average molecular weight is 520 g/mol. The van der Waals surface area contributed by atoms with E-state index in [2.05, 4.69) is 47.8 Å². The summed E-state index contributed by atoms with van der Waals surface area (Å²) in [6.07, 6.45) is 5.45. The van der Waals surface area contributed by atoms with Gasteiger partial charge in [-0.15, -0.1) is 0 Å². The van der Waals surface area contributed by atoms with Crippen molar-refractivity contribution in [3.63, 3.8) is 0 Å². The van der Waals surface area contributed by atoms with Crippen LogP contribution < -0.4 is 10.9 Å². The van der Waals surface area contributed by atoms with Crippen molar-refractivity contribution in [2.24, 2.45) is 11.0 Å². The number of carbonyl (C=O) groups is 2. The summed E-state index contributed by atoms with van der Waals surface area (Å²) in [7, 11) is 0. The molecule has 8 heteroatoms. The van der Waals surface area contributed by atoms with Crippen LogP contribution in [0.3, 0.4) is 0 Å². The Labute approximate surface area is 186 Å². The number of hydrogen-bond donors (Lipinski definition) is 2. The summed E-state index contributed by atoms with van der Waals surface area (Å²) in [6, 6.07) is 14.4. The fraction of sp³-hybridized carbons (Fsp3) is 0.286. The highest BCUT2D eigenvalue weighted by Crippen LogP contribution is 2.40. The molecule has 1 aliphatic carbocycles. The lowest BCUT2D eigenvalue weighted by Crippen LogP contribution is -2.66. The molecule has 2 atom stereocenters. The number of fused-ring (bicyclic) bond motifs is 1. The Morgan fingerprint density at radius 3 is 2.45 bits per heavy atom. The number of benzene rings is 2. The molecule has 1 aliphatic heterocycles. The highest BCUT2D eigenvalue weighted by Gasteiger charge is 2.51. The molecular formula is C21H20Br2N4O2. The number of carbonyl (C=O) groups excluding carboxylic acids is 2. The number of rotatable bonds is 4. The number of amides is 2. The minimum atomic E-state index is -0.765. The summed E-state index contributed by atoms with van der Waals surface area (Å²) in [5, 5.41) is 5.95. The van der Waals surface area contributed by atoms with Crippen LogP contribution in [0, 0.1) is 5.92 Å². The molecule has 0 unspecified atom stereocenters. The van der Waals surface area contributed by atoms with Crippen molar-refractivity contribution in [2.75, 3.05) is 0 Å². The molecule has 2 N–H and O–H groups in total. The van der Waals surface area contributed by atoms with E-state index in [4.69, 9.17) is 0 Å². The second kappa shape index (κ2) is 8.38. The van der Waals surface area contributed by atoms with Gasteiger partial charge in [0.25, 0.3) is 11.8 Å². The van der Waals surface area contributed by atoms with E-state index < -0.39 is 5.66 Å². The maximum absolute atomic E-state index is 13.3. The van der Waals surface area contributed by atoms with E-state index in [0.717, 1.165) is 28.2 Å². The van der Waals surface area contributed by atoms with Gasteiger partial charge in [-0.2, -0.15) is 5.10 Å². The summed E-state index contributed by atoms with van der Waals surface area (Å²) < 4.78 is 1.66. The minimum absolute atomic E-state index is 0.0372. The Morgan fingerprint density at radius 1 is 1.03 bits per heavy atom. The van der Waals surface area contributed by atoms with E-state index in [1.54, 1.807) is 24.3 Å². The monoisotopic (exact) mass is 518 g/mol. The Bertz CT molecular complexity index is 981. The largest absolute Gasteiger partial charge is 0.285 e. The summed E-state index contributed by atoms with van der Waals surface area (Å²) in [5.41, 5.74) is 6.30. The predicted molar refractivity (Wildman–Crippen MR) is 118 cm³/mol. The highest BCUT2D eigenvalue weighted by atomic mass is 79.9. The Balaban J connectivity index is 1.58. The molecule has 0 bridgehead atoms. The third-order valence-electron chi connectivity index (χ3n) is 5.42. The minimum Gasteiger partial charge on any atom is -0.285 e. The molecule has 2 aromatic carbocycles. The SMILES string of the molecule is O=C(NN[C@@]12CCCC[C@@H]1C=NN2C(=O)c1cccc(Br)c1)c1cccc(Br)c1. The first-order valence-corrected chi connectivity index (χ1v) is 11.1. The normalized spacial score (nSPS) is 23.0. The third kappa shape index (κ3) is 4.01. The second-order valence-electron chi connectivity index (χ2n) is 7.26. The molecule has 1 saturated carbocycles. The van der Waals surface area contributed by atoms with Crippen molar-refractivity contribution >= 4 is 49.9 Å². The second-order valence-corrected chi connectivity index (χ2v) is 9.09. The molecule has 2 aromatic rings. The first kappa shape index (κ1) is 20.3. The van der Waals surface area contributed by atoms with Gasteiger partial charge in [-0.05, 0) is 55.7 Å². The zero-order valence-corrected chi connectivity index (χ0v) is 18.7. The Hall–Kier alpha value is -2.03. The molecule has 1 heterocycles. The van der Waals surface area contributed by atoms with E-state index in [0.29, 0.717) is 17.5 Å². The molecule has 1 fully saturated rings.